The Hall–Kier alpha value is -3.48. The van der Waals surface area contributed by atoms with Crippen LogP contribution in [-0.2, 0) is 16.2 Å². The largest absolute Gasteiger partial charge is 0.490 e. The number of benzene rings is 3. The summed E-state index contributed by atoms with van der Waals surface area (Å²) in [5, 5.41) is 2.15. The van der Waals surface area contributed by atoms with Crippen molar-refractivity contribution in [3.63, 3.8) is 0 Å². The standard InChI is InChI=1S/C25H20Cl2N2O4/c1-2-32-22-14-17(13-21(27)23(22)33-15-16-8-10-18(26)11-9-16)12-20-24(30)28-29(25(20)31)19-6-4-3-5-7-19/h3-14H,2,15H2,1H3,(H,28,30)/b20-12-. The number of hydrogen-bond acceptors (Lipinski definition) is 4. The molecular weight excluding hydrogens is 463 g/mol. The molecule has 0 saturated carbocycles. The highest BCUT2D eigenvalue weighted by Gasteiger charge is 2.34. The van der Waals surface area contributed by atoms with E-state index in [1.54, 1.807) is 48.5 Å². The predicted molar refractivity (Wildman–Crippen MR) is 128 cm³/mol. The molecule has 1 N–H and O–H groups in total. The fourth-order valence-corrected chi connectivity index (χ4v) is 3.69. The molecule has 0 atom stereocenters. The normalized spacial score (nSPS) is 14.5. The number of rotatable bonds is 7. The van der Waals surface area contributed by atoms with Crippen molar-refractivity contribution in [2.24, 2.45) is 0 Å². The molecule has 0 aliphatic carbocycles. The third-order valence-corrected chi connectivity index (χ3v) is 5.38. The van der Waals surface area contributed by atoms with Crippen molar-refractivity contribution in [3.05, 3.63) is 93.5 Å². The van der Waals surface area contributed by atoms with E-state index in [9.17, 15) is 9.59 Å². The second-order valence-corrected chi connectivity index (χ2v) is 8.00. The first-order valence-electron chi connectivity index (χ1n) is 10.2. The Morgan fingerprint density at radius 2 is 1.70 bits per heavy atom. The van der Waals surface area contributed by atoms with Gasteiger partial charge in [-0.2, -0.15) is 0 Å². The molecule has 0 bridgehead atoms. The SMILES string of the molecule is CCOc1cc(/C=C2/C(=O)NN(c3ccccc3)C2=O)cc(Cl)c1OCc1ccc(Cl)cc1. The Morgan fingerprint density at radius 3 is 2.39 bits per heavy atom. The minimum atomic E-state index is -0.499. The number of anilines is 1. The maximum Gasteiger partial charge on any atom is 0.282 e. The van der Waals surface area contributed by atoms with Crippen molar-refractivity contribution >= 4 is 46.8 Å². The molecule has 1 aliphatic rings. The average molecular weight is 483 g/mol. The van der Waals surface area contributed by atoms with E-state index in [1.807, 2.05) is 25.1 Å². The lowest BCUT2D eigenvalue weighted by Gasteiger charge is -2.15. The maximum atomic E-state index is 12.8. The molecule has 0 unspecified atom stereocenters. The van der Waals surface area contributed by atoms with Crippen molar-refractivity contribution < 1.29 is 19.1 Å². The lowest BCUT2D eigenvalue weighted by Crippen LogP contribution is -2.35. The highest BCUT2D eigenvalue weighted by molar-refractivity contribution is 6.33. The van der Waals surface area contributed by atoms with Crippen LogP contribution in [-0.4, -0.2) is 18.4 Å². The summed E-state index contributed by atoms with van der Waals surface area (Å²) in [4.78, 5) is 25.3. The summed E-state index contributed by atoms with van der Waals surface area (Å²) in [7, 11) is 0. The summed E-state index contributed by atoms with van der Waals surface area (Å²) in [6.07, 6.45) is 1.48. The van der Waals surface area contributed by atoms with Gasteiger partial charge in [0, 0.05) is 5.02 Å². The average Bonchev–Trinajstić information content (AvgIpc) is 3.09. The summed E-state index contributed by atoms with van der Waals surface area (Å²) >= 11 is 12.4. The first-order valence-corrected chi connectivity index (χ1v) is 11.0. The van der Waals surface area contributed by atoms with E-state index in [4.69, 9.17) is 32.7 Å². The summed E-state index contributed by atoms with van der Waals surface area (Å²) in [5.41, 5.74) is 4.59. The van der Waals surface area contributed by atoms with Crippen molar-refractivity contribution in [2.45, 2.75) is 13.5 Å². The fourth-order valence-electron chi connectivity index (χ4n) is 3.29. The van der Waals surface area contributed by atoms with E-state index in [0.29, 0.717) is 39.4 Å². The summed E-state index contributed by atoms with van der Waals surface area (Å²) < 4.78 is 11.6. The summed E-state index contributed by atoms with van der Waals surface area (Å²) in [6, 6.07) is 19.5. The van der Waals surface area contributed by atoms with Gasteiger partial charge in [0.25, 0.3) is 11.8 Å². The number of amides is 2. The molecule has 8 heteroatoms. The topological polar surface area (TPSA) is 67.9 Å². The Bertz CT molecular complexity index is 1210. The van der Waals surface area contributed by atoms with Gasteiger partial charge in [0.1, 0.15) is 12.2 Å². The van der Waals surface area contributed by atoms with E-state index in [0.717, 1.165) is 5.56 Å². The van der Waals surface area contributed by atoms with Gasteiger partial charge in [0.05, 0.1) is 17.3 Å². The molecule has 168 valence electrons. The molecule has 0 aromatic heterocycles. The number of hydrazine groups is 1. The number of ether oxygens (including phenoxy) is 2. The molecule has 1 saturated heterocycles. The zero-order chi connectivity index (χ0) is 23.4. The van der Waals surface area contributed by atoms with Gasteiger partial charge in [-0.15, -0.1) is 0 Å². The molecule has 6 nitrogen and oxygen atoms in total. The second kappa shape index (κ2) is 9.98. The van der Waals surface area contributed by atoms with Crippen LogP contribution in [0, 0.1) is 0 Å². The van der Waals surface area contributed by atoms with Gasteiger partial charge in [-0.1, -0.05) is 53.5 Å². The number of halogens is 2. The fraction of sp³-hybridized carbons (Fsp3) is 0.120. The third kappa shape index (κ3) is 5.13. The van der Waals surface area contributed by atoms with E-state index in [-0.39, 0.29) is 12.2 Å². The molecular formula is C25H20Cl2N2O4. The summed E-state index contributed by atoms with van der Waals surface area (Å²) in [5.74, 6) is -0.162. The Labute approximate surface area is 201 Å². The molecule has 0 radical (unpaired) electrons. The van der Waals surface area contributed by atoms with Crippen LogP contribution < -0.4 is 19.9 Å². The van der Waals surface area contributed by atoms with Gasteiger partial charge < -0.3 is 9.47 Å². The van der Waals surface area contributed by atoms with Crippen molar-refractivity contribution in [1.82, 2.24) is 5.43 Å². The van der Waals surface area contributed by atoms with Crippen LogP contribution in [0.1, 0.15) is 18.1 Å². The minimum absolute atomic E-state index is 0.00722. The van der Waals surface area contributed by atoms with Gasteiger partial charge >= 0.3 is 0 Å². The van der Waals surface area contributed by atoms with E-state index in [1.165, 1.54) is 11.1 Å². The maximum absolute atomic E-state index is 12.8. The van der Waals surface area contributed by atoms with Crippen LogP contribution in [0.5, 0.6) is 11.5 Å². The molecule has 1 fully saturated rings. The first kappa shape index (κ1) is 22.7. The van der Waals surface area contributed by atoms with Crippen LogP contribution in [0.25, 0.3) is 6.08 Å². The predicted octanol–water partition coefficient (Wildman–Crippen LogP) is 5.43. The monoisotopic (exact) mass is 482 g/mol. The van der Waals surface area contributed by atoms with Gasteiger partial charge in [0.2, 0.25) is 0 Å². The Morgan fingerprint density at radius 1 is 0.970 bits per heavy atom. The lowest BCUT2D eigenvalue weighted by atomic mass is 10.1. The molecule has 3 aromatic carbocycles. The Kier molecular flexibility index (Phi) is 6.87. The zero-order valence-corrected chi connectivity index (χ0v) is 19.2. The van der Waals surface area contributed by atoms with Gasteiger partial charge in [-0.05, 0) is 60.5 Å². The number of nitrogens with one attached hydrogen (secondary N) is 1. The quantitative estimate of drug-likeness (QED) is 0.360. The van der Waals surface area contributed by atoms with Gasteiger partial charge in [-0.25, -0.2) is 5.01 Å². The smallest absolute Gasteiger partial charge is 0.282 e. The van der Waals surface area contributed by atoms with Crippen LogP contribution in [0.2, 0.25) is 10.0 Å². The van der Waals surface area contributed by atoms with Crippen LogP contribution in [0.3, 0.4) is 0 Å². The van der Waals surface area contributed by atoms with Crippen molar-refractivity contribution in [3.8, 4) is 11.5 Å². The molecule has 0 spiro atoms. The zero-order valence-electron chi connectivity index (χ0n) is 17.7. The van der Waals surface area contributed by atoms with Gasteiger partial charge in [-0.3, -0.25) is 15.0 Å². The van der Waals surface area contributed by atoms with Crippen LogP contribution >= 0.6 is 23.2 Å². The number of nitrogens with zero attached hydrogens (tertiary/aromatic N) is 1. The molecule has 1 heterocycles. The van der Waals surface area contributed by atoms with Crippen LogP contribution in [0.15, 0.2) is 72.3 Å². The molecule has 33 heavy (non-hydrogen) atoms. The molecule has 2 amide bonds. The van der Waals surface area contributed by atoms with Crippen molar-refractivity contribution in [1.29, 1.82) is 0 Å². The second-order valence-electron chi connectivity index (χ2n) is 7.15. The van der Waals surface area contributed by atoms with Crippen molar-refractivity contribution in [2.75, 3.05) is 11.6 Å². The lowest BCUT2D eigenvalue weighted by molar-refractivity contribution is -0.117. The van der Waals surface area contributed by atoms with Gasteiger partial charge in [0.15, 0.2) is 11.5 Å². The molecule has 4 rings (SSSR count). The molecule has 3 aromatic rings. The molecule has 1 aliphatic heterocycles. The van der Waals surface area contributed by atoms with E-state index in [2.05, 4.69) is 5.43 Å². The highest BCUT2D eigenvalue weighted by Crippen LogP contribution is 2.38. The number of carbonyl (C=O) groups excluding carboxylic acids is 2. The number of para-hydroxylation sites is 1. The first-order chi connectivity index (χ1) is 16.0. The third-order valence-electron chi connectivity index (χ3n) is 4.84. The Balaban J connectivity index is 1.60. The minimum Gasteiger partial charge on any atom is -0.490 e. The number of hydrogen-bond donors (Lipinski definition) is 1. The van der Waals surface area contributed by atoms with E-state index >= 15 is 0 Å². The summed E-state index contributed by atoms with van der Waals surface area (Å²) in [6.45, 7) is 2.49. The van der Waals surface area contributed by atoms with E-state index < -0.39 is 11.8 Å². The highest BCUT2D eigenvalue weighted by atomic mass is 35.5. The van der Waals surface area contributed by atoms with Crippen LogP contribution in [0.4, 0.5) is 5.69 Å². The number of carbonyl (C=O) groups is 2.